The fourth-order valence-corrected chi connectivity index (χ4v) is 0.868. The summed E-state index contributed by atoms with van der Waals surface area (Å²) >= 11 is 0. The molecule has 0 N–H and O–H groups in total. The lowest BCUT2D eigenvalue weighted by molar-refractivity contribution is 1.26. The number of pyridine rings is 1. The molecular weight excluding hydrogens is 162 g/mol. The molecule has 1 rings (SSSR count). The Labute approximate surface area is 76.6 Å². The summed E-state index contributed by atoms with van der Waals surface area (Å²) in [6.45, 7) is 0. The molecule has 0 unspecified atom stereocenters. The Balaban J connectivity index is 2.90. The summed E-state index contributed by atoms with van der Waals surface area (Å²) in [6.07, 6.45) is 5.32. The van der Waals surface area contributed by atoms with Gasteiger partial charge in [0, 0.05) is 6.20 Å². The van der Waals surface area contributed by atoms with Crippen molar-refractivity contribution in [2.75, 3.05) is 0 Å². The van der Waals surface area contributed by atoms with Crippen molar-refractivity contribution in [3.8, 4) is 12.1 Å². The molecule has 0 amide bonds. The van der Waals surface area contributed by atoms with E-state index >= 15 is 0 Å². The van der Waals surface area contributed by atoms with Crippen LogP contribution in [0.15, 0.2) is 24.4 Å². The molecule has 0 saturated heterocycles. The minimum Gasteiger partial charge on any atom is -0.256 e. The minimum atomic E-state index is 0.335. The monoisotopic (exact) mass is 169 g/mol. The Morgan fingerprint density at radius 1 is 1.46 bits per heavy atom. The molecule has 0 spiro atoms. The predicted octanol–water partition coefficient (Wildman–Crippen LogP) is 1.88. The molecule has 0 aliphatic rings. The first-order valence-electron chi connectivity index (χ1n) is 3.77. The number of rotatable bonds is 2. The maximum Gasteiger partial charge on any atom is 0.101 e. The molecule has 3 heteroatoms. The van der Waals surface area contributed by atoms with Crippen LogP contribution in [-0.2, 0) is 0 Å². The second-order valence-corrected chi connectivity index (χ2v) is 2.31. The van der Waals surface area contributed by atoms with Crippen molar-refractivity contribution in [3.63, 3.8) is 0 Å². The van der Waals surface area contributed by atoms with E-state index in [0.717, 1.165) is 0 Å². The SMILES string of the molecule is N#CCC=Cc1ncccc1C#N. The molecule has 62 valence electrons. The molecular formula is C10H7N3. The summed E-state index contributed by atoms with van der Waals surface area (Å²) in [5.41, 5.74) is 1.14. The van der Waals surface area contributed by atoms with Gasteiger partial charge < -0.3 is 0 Å². The number of nitriles is 2. The van der Waals surface area contributed by atoms with Gasteiger partial charge in [-0.3, -0.25) is 4.98 Å². The fourth-order valence-electron chi connectivity index (χ4n) is 0.868. The van der Waals surface area contributed by atoms with E-state index in [1.165, 1.54) is 0 Å². The molecule has 0 aliphatic heterocycles. The van der Waals surface area contributed by atoms with Gasteiger partial charge in [-0.05, 0) is 18.2 Å². The van der Waals surface area contributed by atoms with E-state index in [9.17, 15) is 0 Å². The van der Waals surface area contributed by atoms with Crippen molar-refractivity contribution >= 4 is 6.08 Å². The smallest absolute Gasteiger partial charge is 0.101 e. The van der Waals surface area contributed by atoms with Crippen molar-refractivity contribution in [3.05, 3.63) is 35.7 Å². The molecule has 0 bridgehead atoms. The molecule has 0 radical (unpaired) electrons. The zero-order valence-electron chi connectivity index (χ0n) is 6.94. The minimum absolute atomic E-state index is 0.335. The fraction of sp³-hybridized carbons (Fsp3) is 0.100. The highest BCUT2D eigenvalue weighted by atomic mass is 14.7. The van der Waals surface area contributed by atoms with Gasteiger partial charge in [-0.25, -0.2) is 0 Å². The zero-order valence-corrected chi connectivity index (χ0v) is 6.94. The second-order valence-electron chi connectivity index (χ2n) is 2.31. The number of aromatic nitrogens is 1. The molecule has 0 aromatic carbocycles. The number of hydrogen-bond donors (Lipinski definition) is 0. The van der Waals surface area contributed by atoms with Crippen LogP contribution in [0.25, 0.3) is 6.08 Å². The van der Waals surface area contributed by atoms with Gasteiger partial charge in [-0.2, -0.15) is 10.5 Å². The van der Waals surface area contributed by atoms with E-state index in [4.69, 9.17) is 10.5 Å². The van der Waals surface area contributed by atoms with Gasteiger partial charge in [0.2, 0.25) is 0 Å². The number of nitrogens with zero attached hydrogens (tertiary/aromatic N) is 3. The Bertz CT molecular complexity index is 393. The van der Waals surface area contributed by atoms with Crippen LogP contribution in [0.3, 0.4) is 0 Å². The lowest BCUT2D eigenvalue weighted by Crippen LogP contribution is -1.85. The maximum absolute atomic E-state index is 8.69. The zero-order chi connectivity index (χ0) is 9.52. The van der Waals surface area contributed by atoms with E-state index in [-0.39, 0.29) is 0 Å². The molecule has 3 nitrogen and oxygen atoms in total. The van der Waals surface area contributed by atoms with Crippen molar-refractivity contribution in [2.45, 2.75) is 6.42 Å². The predicted molar refractivity (Wildman–Crippen MR) is 48.2 cm³/mol. The van der Waals surface area contributed by atoms with Gasteiger partial charge in [0.25, 0.3) is 0 Å². The molecule has 0 fully saturated rings. The Hall–Kier alpha value is -2.13. The quantitative estimate of drug-likeness (QED) is 0.679. The average molecular weight is 169 g/mol. The third-order valence-corrected chi connectivity index (χ3v) is 1.44. The second kappa shape index (κ2) is 4.69. The van der Waals surface area contributed by atoms with E-state index in [2.05, 4.69) is 4.98 Å². The van der Waals surface area contributed by atoms with Crippen LogP contribution >= 0.6 is 0 Å². The van der Waals surface area contributed by atoms with E-state index in [1.54, 1.807) is 30.5 Å². The highest BCUT2D eigenvalue weighted by Gasteiger charge is 1.95. The summed E-state index contributed by atoms with van der Waals surface area (Å²) in [4.78, 5) is 4.00. The van der Waals surface area contributed by atoms with Crippen LogP contribution in [0.4, 0.5) is 0 Å². The van der Waals surface area contributed by atoms with E-state index in [0.29, 0.717) is 17.7 Å². The number of hydrogen-bond acceptors (Lipinski definition) is 3. The first-order valence-corrected chi connectivity index (χ1v) is 3.77. The van der Waals surface area contributed by atoms with Gasteiger partial charge in [0.1, 0.15) is 6.07 Å². The van der Waals surface area contributed by atoms with Crippen LogP contribution in [0.1, 0.15) is 17.7 Å². The van der Waals surface area contributed by atoms with Gasteiger partial charge >= 0.3 is 0 Å². The average Bonchev–Trinajstić information content (AvgIpc) is 2.19. The largest absolute Gasteiger partial charge is 0.256 e. The van der Waals surface area contributed by atoms with Gasteiger partial charge in [0.05, 0.1) is 23.7 Å². The summed E-state index contributed by atoms with van der Waals surface area (Å²) in [5, 5.41) is 17.0. The Kier molecular flexibility index (Phi) is 3.23. The molecule has 1 heterocycles. The molecule has 13 heavy (non-hydrogen) atoms. The van der Waals surface area contributed by atoms with Crippen molar-refractivity contribution in [2.24, 2.45) is 0 Å². The molecule has 0 atom stereocenters. The summed E-state index contributed by atoms with van der Waals surface area (Å²) in [5.74, 6) is 0. The lowest BCUT2D eigenvalue weighted by atomic mass is 10.2. The van der Waals surface area contributed by atoms with Crippen LogP contribution in [-0.4, -0.2) is 4.98 Å². The van der Waals surface area contributed by atoms with E-state index in [1.807, 2.05) is 12.1 Å². The third kappa shape index (κ3) is 2.43. The van der Waals surface area contributed by atoms with E-state index < -0.39 is 0 Å². The first kappa shape index (κ1) is 8.96. The number of allylic oxidation sites excluding steroid dienone is 1. The highest BCUT2D eigenvalue weighted by Crippen LogP contribution is 2.05. The third-order valence-electron chi connectivity index (χ3n) is 1.44. The Morgan fingerprint density at radius 3 is 3.00 bits per heavy atom. The van der Waals surface area contributed by atoms with Crippen LogP contribution in [0.2, 0.25) is 0 Å². The van der Waals surface area contributed by atoms with Crippen molar-refractivity contribution in [1.82, 2.24) is 4.98 Å². The molecule has 1 aromatic heterocycles. The standard InChI is InChI=1S/C10H7N3/c11-6-2-1-5-10-9(8-12)4-3-7-13-10/h1,3-5,7H,2H2. The first-order chi connectivity index (χ1) is 6.38. The lowest BCUT2D eigenvalue weighted by Gasteiger charge is -1.93. The van der Waals surface area contributed by atoms with Gasteiger partial charge in [-0.15, -0.1) is 0 Å². The van der Waals surface area contributed by atoms with Gasteiger partial charge in [0.15, 0.2) is 0 Å². The highest BCUT2D eigenvalue weighted by molar-refractivity contribution is 5.53. The molecule has 0 aliphatic carbocycles. The van der Waals surface area contributed by atoms with Crippen LogP contribution < -0.4 is 0 Å². The normalized spacial score (nSPS) is 9.38. The van der Waals surface area contributed by atoms with Crippen LogP contribution in [0, 0.1) is 22.7 Å². The topological polar surface area (TPSA) is 60.5 Å². The molecule has 1 aromatic rings. The summed E-state index contributed by atoms with van der Waals surface area (Å²) in [6, 6.07) is 7.41. The van der Waals surface area contributed by atoms with Crippen molar-refractivity contribution in [1.29, 1.82) is 10.5 Å². The summed E-state index contributed by atoms with van der Waals surface area (Å²) in [7, 11) is 0. The Morgan fingerprint density at radius 2 is 2.31 bits per heavy atom. The summed E-state index contributed by atoms with van der Waals surface area (Å²) < 4.78 is 0. The van der Waals surface area contributed by atoms with Gasteiger partial charge in [-0.1, -0.05) is 6.08 Å². The molecule has 0 saturated carbocycles. The van der Waals surface area contributed by atoms with Crippen LogP contribution in [0.5, 0.6) is 0 Å². The van der Waals surface area contributed by atoms with Crippen molar-refractivity contribution < 1.29 is 0 Å². The maximum atomic E-state index is 8.69.